The van der Waals surface area contributed by atoms with Gasteiger partial charge in [-0.2, -0.15) is 0 Å². The van der Waals surface area contributed by atoms with E-state index in [4.69, 9.17) is 5.11 Å². The summed E-state index contributed by atoms with van der Waals surface area (Å²) in [6.07, 6.45) is 0. The number of carbonyl (C=O) groups is 1. The van der Waals surface area contributed by atoms with Crippen LogP contribution in [0.4, 0.5) is 0 Å². The third kappa shape index (κ3) is 3.25. The first-order chi connectivity index (χ1) is 8.06. The molecule has 0 saturated heterocycles. The van der Waals surface area contributed by atoms with Crippen LogP contribution in [-0.4, -0.2) is 41.7 Å². The second-order valence-electron chi connectivity index (χ2n) is 4.01. The summed E-state index contributed by atoms with van der Waals surface area (Å²) in [6.45, 7) is 3.63. The van der Waals surface area contributed by atoms with E-state index in [1.165, 1.54) is 0 Å². The molecule has 0 bridgehead atoms. The minimum absolute atomic E-state index is 0.0289. The lowest BCUT2D eigenvalue weighted by Crippen LogP contribution is -2.46. The summed E-state index contributed by atoms with van der Waals surface area (Å²) in [6, 6.07) is 0. The normalized spacial score (nSPS) is 15.3. The third-order valence-electron chi connectivity index (χ3n) is 2.17. The van der Waals surface area contributed by atoms with Gasteiger partial charge >= 0.3 is 5.97 Å². The van der Waals surface area contributed by atoms with Crippen molar-refractivity contribution in [2.45, 2.75) is 30.6 Å². The van der Waals surface area contributed by atoms with Gasteiger partial charge in [-0.05, 0) is 20.8 Å². The van der Waals surface area contributed by atoms with E-state index in [2.05, 4.69) is 9.71 Å². The van der Waals surface area contributed by atoms with Crippen LogP contribution in [0, 0.1) is 13.8 Å². The van der Waals surface area contributed by atoms with Crippen molar-refractivity contribution in [1.82, 2.24) is 9.71 Å². The number of aliphatic carboxylic acids is 1. The molecule has 0 amide bonds. The van der Waals surface area contributed by atoms with Gasteiger partial charge in [0.05, 0.1) is 17.2 Å². The van der Waals surface area contributed by atoms with Crippen LogP contribution in [0.2, 0.25) is 0 Å². The number of aromatic nitrogens is 1. The Balaban J connectivity index is 2.91. The van der Waals surface area contributed by atoms with Crippen molar-refractivity contribution in [3.63, 3.8) is 0 Å². The van der Waals surface area contributed by atoms with E-state index in [0.717, 1.165) is 18.3 Å². The summed E-state index contributed by atoms with van der Waals surface area (Å²) >= 11 is 0.990. The zero-order valence-corrected chi connectivity index (χ0v) is 11.7. The van der Waals surface area contributed by atoms with Gasteiger partial charge in [0, 0.05) is 0 Å². The van der Waals surface area contributed by atoms with E-state index >= 15 is 0 Å². The number of nitrogens with zero attached hydrogens (tertiary/aromatic N) is 1. The minimum Gasteiger partial charge on any atom is -0.479 e. The fourth-order valence-electron chi connectivity index (χ4n) is 1.14. The highest BCUT2D eigenvalue weighted by molar-refractivity contribution is 7.91. The maximum atomic E-state index is 11.9. The number of aliphatic hydroxyl groups is 1. The molecule has 0 aliphatic heterocycles. The van der Waals surface area contributed by atoms with Gasteiger partial charge in [-0.1, -0.05) is 0 Å². The van der Waals surface area contributed by atoms with E-state index in [1.54, 1.807) is 13.8 Å². The molecule has 0 aromatic carbocycles. The average Bonchev–Trinajstić information content (AvgIpc) is 2.56. The number of hydrogen-bond donors (Lipinski definition) is 3. The number of aryl methyl sites for hydroxylation is 2. The second-order valence-corrected chi connectivity index (χ2v) is 7.17. The summed E-state index contributed by atoms with van der Waals surface area (Å²) in [7, 11) is -3.85. The lowest BCUT2D eigenvalue weighted by molar-refractivity contribution is -0.155. The van der Waals surface area contributed by atoms with Gasteiger partial charge in [-0.25, -0.2) is 22.9 Å². The molecule has 1 aromatic heterocycles. The van der Waals surface area contributed by atoms with E-state index in [-0.39, 0.29) is 4.21 Å². The Bertz CT molecular complexity index is 562. The summed E-state index contributed by atoms with van der Waals surface area (Å²) in [5.74, 6) is -1.50. The SMILES string of the molecule is Cc1nc(C)c(S(=O)(=O)NCC(C)(O)C(=O)O)s1. The predicted octanol–water partition coefficient (Wildman–Crippen LogP) is -0.126. The number of carboxylic acids is 1. The van der Waals surface area contributed by atoms with Crippen molar-refractivity contribution in [2.75, 3.05) is 6.54 Å². The second kappa shape index (κ2) is 4.92. The van der Waals surface area contributed by atoms with Crippen molar-refractivity contribution in [3.05, 3.63) is 10.7 Å². The largest absolute Gasteiger partial charge is 0.479 e. The fraction of sp³-hybridized carbons (Fsp3) is 0.556. The fourth-order valence-corrected chi connectivity index (χ4v) is 3.80. The molecule has 7 nitrogen and oxygen atoms in total. The molecule has 1 heterocycles. The highest BCUT2D eigenvalue weighted by Gasteiger charge is 2.32. The van der Waals surface area contributed by atoms with Crippen molar-refractivity contribution < 1.29 is 23.4 Å². The quantitative estimate of drug-likeness (QED) is 0.696. The van der Waals surface area contributed by atoms with Gasteiger partial charge in [0.15, 0.2) is 9.81 Å². The van der Waals surface area contributed by atoms with Crippen molar-refractivity contribution in [2.24, 2.45) is 0 Å². The maximum Gasteiger partial charge on any atom is 0.336 e. The van der Waals surface area contributed by atoms with Crippen LogP contribution >= 0.6 is 11.3 Å². The molecule has 0 radical (unpaired) electrons. The Kier molecular flexibility index (Phi) is 4.11. The molecule has 1 atom stereocenters. The number of nitrogens with one attached hydrogen (secondary N) is 1. The van der Waals surface area contributed by atoms with Gasteiger partial charge in [0.1, 0.15) is 0 Å². The van der Waals surface area contributed by atoms with Gasteiger partial charge in [0.2, 0.25) is 0 Å². The molecule has 0 fully saturated rings. The van der Waals surface area contributed by atoms with E-state index in [1.807, 2.05) is 0 Å². The Morgan fingerprint density at radius 2 is 2.06 bits per heavy atom. The number of sulfonamides is 1. The lowest BCUT2D eigenvalue weighted by atomic mass is 10.1. The summed E-state index contributed by atoms with van der Waals surface area (Å²) in [5.41, 5.74) is -1.80. The standard InChI is InChI=1S/C9H14N2O5S2/c1-5-7(17-6(2)11-5)18(15,16)10-4-9(3,14)8(12)13/h10,14H,4H2,1-3H3,(H,12,13). The van der Waals surface area contributed by atoms with Gasteiger partial charge < -0.3 is 10.2 Å². The summed E-state index contributed by atoms with van der Waals surface area (Å²) in [5, 5.41) is 18.7. The van der Waals surface area contributed by atoms with Crippen LogP contribution in [0.25, 0.3) is 0 Å². The third-order valence-corrected chi connectivity index (χ3v) is 5.26. The number of thiazole rings is 1. The Morgan fingerprint density at radius 1 is 1.50 bits per heavy atom. The van der Waals surface area contributed by atoms with Gasteiger partial charge in [0.25, 0.3) is 10.0 Å². The zero-order valence-electron chi connectivity index (χ0n) is 10.1. The average molecular weight is 294 g/mol. The molecule has 18 heavy (non-hydrogen) atoms. The van der Waals surface area contributed by atoms with E-state index < -0.39 is 28.1 Å². The van der Waals surface area contributed by atoms with Crippen LogP contribution in [0.15, 0.2) is 4.21 Å². The summed E-state index contributed by atoms with van der Waals surface area (Å²) < 4.78 is 25.9. The molecule has 0 aliphatic carbocycles. The summed E-state index contributed by atoms with van der Waals surface area (Å²) in [4.78, 5) is 14.6. The molecule has 0 spiro atoms. The van der Waals surface area contributed by atoms with Crippen LogP contribution in [0.5, 0.6) is 0 Å². The molecular formula is C9H14N2O5S2. The Labute approximate surface area is 109 Å². The minimum atomic E-state index is -3.85. The van der Waals surface area contributed by atoms with Gasteiger partial charge in [-0.15, -0.1) is 11.3 Å². The van der Waals surface area contributed by atoms with Gasteiger partial charge in [-0.3, -0.25) is 0 Å². The maximum absolute atomic E-state index is 11.9. The molecule has 102 valence electrons. The van der Waals surface area contributed by atoms with Crippen molar-refractivity contribution in [1.29, 1.82) is 0 Å². The molecule has 0 saturated carbocycles. The van der Waals surface area contributed by atoms with E-state index in [0.29, 0.717) is 10.7 Å². The highest BCUT2D eigenvalue weighted by Crippen LogP contribution is 2.22. The monoisotopic (exact) mass is 294 g/mol. The Morgan fingerprint density at radius 3 is 2.44 bits per heavy atom. The Hall–Kier alpha value is -1.03. The van der Waals surface area contributed by atoms with Crippen molar-refractivity contribution in [3.8, 4) is 0 Å². The lowest BCUT2D eigenvalue weighted by Gasteiger charge is -2.17. The van der Waals surface area contributed by atoms with E-state index in [9.17, 15) is 18.3 Å². The molecule has 3 N–H and O–H groups in total. The first kappa shape index (κ1) is 15.0. The van der Waals surface area contributed by atoms with Crippen LogP contribution in [0.1, 0.15) is 17.6 Å². The van der Waals surface area contributed by atoms with Crippen LogP contribution in [-0.2, 0) is 14.8 Å². The molecule has 1 rings (SSSR count). The number of hydrogen-bond acceptors (Lipinski definition) is 6. The molecule has 9 heteroatoms. The molecule has 0 aliphatic rings. The van der Waals surface area contributed by atoms with Crippen molar-refractivity contribution >= 4 is 27.3 Å². The predicted molar refractivity (Wildman–Crippen MR) is 65.0 cm³/mol. The zero-order chi connectivity index (χ0) is 14.1. The number of carboxylic acid groups (broad SMARTS) is 1. The topological polar surface area (TPSA) is 117 Å². The highest BCUT2D eigenvalue weighted by atomic mass is 32.2. The first-order valence-electron chi connectivity index (χ1n) is 4.96. The molecular weight excluding hydrogens is 280 g/mol. The molecule has 1 unspecified atom stereocenters. The molecule has 1 aromatic rings. The number of rotatable bonds is 5. The van der Waals surface area contributed by atoms with Crippen LogP contribution < -0.4 is 4.72 Å². The van der Waals surface area contributed by atoms with Crippen LogP contribution in [0.3, 0.4) is 0 Å². The first-order valence-corrected chi connectivity index (χ1v) is 7.26. The smallest absolute Gasteiger partial charge is 0.336 e.